The number of carboxylic acids is 1. The molecule has 9 nitrogen and oxygen atoms in total. The Bertz CT molecular complexity index is 323. The zero-order valence-corrected chi connectivity index (χ0v) is 8.08. The van der Waals surface area contributed by atoms with E-state index < -0.39 is 11.1 Å². The lowest BCUT2D eigenvalue weighted by molar-refractivity contribution is -0.673. The van der Waals surface area contributed by atoms with Crippen molar-refractivity contribution in [3.05, 3.63) is 33.5 Å². The largest absolute Gasteiger partial charge is 0.472 e. The van der Waals surface area contributed by atoms with Crippen LogP contribution in [0.5, 0.6) is 0 Å². The minimum absolute atomic E-state index is 0. The van der Waals surface area contributed by atoms with Crippen molar-refractivity contribution >= 4 is 5.97 Å². The van der Waals surface area contributed by atoms with Crippen LogP contribution in [0, 0.1) is 15.3 Å². The summed E-state index contributed by atoms with van der Waals surface area (Å²) in [6.07, 6.45) is 3.40. The molecule has 0 aliphatic rings. The van der Waals surface area contributed by atoms with Crippen molar-refractivity contribution in [2.45, 2.75) is 0 Å². The third-order valence-electron chi connectivity index (χ3n) is 1.37. The Hall–Kier alpha value is -2.16. The molecule has 15 heavy (non-hydrogen) atoms. The molecule has 9 heteroatoms. The van der Waals surface area contributed by atoms with E-state index in [0.29, 0.717) is 0 Å². The Morgan fingerprint density at radius 1 is 1.60 bits per heavy atom. The first kappa shape index (κ1) is 15.3. The van der Waals surface area contributed by atoms with Crippen molar-refractivity contribution in [2.75, 3.05) is 0 Å². The number of imidazole rings is 1. The molecule has 3 N–H and O–H groups in total. The van der Waals surface area contributed by atoms with E-state index in [2.05, 4.69) is 0 Å². The topological polar surface area (TPSA) is 144 Å². The van der Waals surface area contributed by atoms with E-state index in [1.165, 1.54) is 0 Å². The maximum atomic E-state index is 10.5. The highest BCUT2D eigenvalue weighted by molar-refractivity contribution is 5.81. The van der Waals surface area contributed by atoms with E-state index in [9.17, 15) is 4.79 Å². The summed E-state index contributed by atoms with van der Waals surface area (Å²) in [4.78, 5) is 18.7. The molecule has 0 aromatic carbocycles. The fraction of sp³-hybridized carbons (Fsp3) is 0.333. The monoisotopic (exact) mass is 221 g/mol. The minimum atomic E-state index is -1.75. The van der Waals surface area contributed by atoms with Crippen LogP contribution in [-0.2, 0) is 14.1 Å². The van der Waals surface area contributed by atoms with Gasteiger partial charge in [-0.2, -0.15) is 0 Å². The van der Waals surface area contributed by atoms with Gasteiger partial charge in [0.2, 0.25) is 0 Å². The van der Waals surface area contributed by atoms with Gasteiger partial charge in [-0.15, -0.1) is 0 Å². The van der Waals surface area contributed by atoms with E-state index in [1.807, 2.05) is 0 Å². The summed E-state index contributed by atoms with van der Waals surface area (Å²) in [5.74, 6) is -0.630. The lowest BCUT2D eigenvalue weighted by Gasteiger charge is -1.88. The average Bonchev–Trinajstić information content (AvgIpc) is 2.29. The van der Waals surface area contributed by atoms with E-state index in [0.717, 1.165) is 0 Å². The molecule has 0 amide bonds. The number of hydrogen-bond donors (Lipinski definition) is 1. The first-order chi connectivity index (χ1) is 6.36. The van der Waals surface area contributed by atoms with Gasteiger partial charge in [-0.1, -0.05) is 0 Å². The fourth-order valence-corrected chi connectivity index (χ4v) is 0.892. The summed E-state index contributed by atoms with van der Waals surface area (Å²) in [6.45, 7) is 0. The second-order valence-corrected chi connectivity index (χ2v) is 2.37. The number of carboxylic acid groups (broad SMARTS) is 1. The second-order valence-electron chi connectivity index (χ2n) is 2.37. The van der Waals surface area contributed by atoms with Gasteiger partial charge in [0.15, 0.2) is 0 Å². The fourth-order valence-electron chi connectivity index (χ4n) is 0.892. The smallest absolute Gasteiger partial charge is 0.419 e. The molecule has 0 unspecified atom stereocenters. The number of carbonyl (C=O) groups is 1. The van der Waals surface area contributed by atoms with Crippen LogP contribution >= 0.6 is 0 Å². The Kier molecular flexibility index (Phi) is 6.45. The Labute approximate surface area is 84.2 Å². The highest BCUT2D eigenvalue weighted by atomic mass is 16.9. The van der Waals surface area contributed by atoms with Gasteiger partial charge in [0.05, 0.1) is 19.2 Å². The van der Waals surface area contributed by atoms with Crippen LogP contribution in [0.3, 0.4) is 0 Å². The number of hydrogen-bond acceptors (Lipinski definition) is 4. The molecule has 1 aromatic heterocycles. The third-order valence-corrected chi connectivity index (χ3v) is 1.37. The van der Waals surface area contributed by atoms with Gasteiger partial charge >= 0.3 is 11.8 Å². The molecule has 0 saturated carbocycles. The predicted octanol–water partition coefficient (Wildman–Crippen LogP) is -1.52. The summed E-state index contributed by atoms with van der Waals surface area (Å²) in [7, 11) is 3.40. The predicted molar refractivity (Wildman–Crippen MR) is 47.5 cm³/mol. The van der Waals surface area contributed by atoms with Gasteiger partial charge < -0.3 is 25.9 Å². The highest BCUT2D eigenvalue weighted by Gasteiger charge is 2.18. The molecule has 0 bridgehead atoms. The summed E-state index contributed by atoms with van der Waals surface area (Å²) in [6, 6.07) is 0. The summed E-state index contributed by atoms with van der Waals surface area (Å²) in [5, 5.41) is 23.3. The zero-order chi connectivity index (χ0) is 11.3. The van der Waals surface area contributed by atoms with E-state index in [-0.39, 0.29) is 11.3 Å². The van der Waals surface area contributed by atoms with Gasteiger partial charge in [-0.05, 0) is 0 Å². The second kappa shape index (κ2) is 6.32. The minimum Gasteiger partial charge on any atom is -0.472 e. The molecular weight excluding hydrogens is 210 g/mol. The van der Waals surface area contributed by atoms with Crippen LogP contribution in [0.1, 0.15) is 10.6 Å². The number of aryl methyl sites for hydroxylation is 2. The summed E-state index contributed by atoms with van der Waals surface area (Å²) < 4.78 is 3.12. The van der Waals surface area contributed by atoms with Crippen molar-refractivity contribution in [1.82, 2.24) is 4.57 Å². The van der Waals surface area contributed by atoms with Crippen LogP contribution in [-0.4, -0.2) is 26.2 Å². The van der Waals surface area contributed by atoms with Gasteiger partial charge in [-0.3, -0.25) is 0 Å². The SMILES string of the molecule is Cn1cc[n+](C)c1C(=O)O.O.O=[N+]([O-])[O-]. The van der Waals surface area contributed by atoms with Crippen molar-refractivity contribution in [3.8, 4) is 0 Å². The molecule has 0 fully saturated rings. The number of aromatic nitrogens is 2. The molecule has 1 aromatic rings. The van der Waals surface area contributed by atoms with Crippen molar-refractivity contribution < 1.29 is 25.0 Å². The van der Waals surface area contributed by atoms with Crippen molar-refractivity contribution in [2.24, 2.45) is 14.1 Å². The van der Waals surface area contributed by atoms with Crippen molar-refractivity contribution in [3.63, 3.8) is 0 Å². The van der Waals surface area contributed by atoms with E-state index >= 15 is 0 Å². The Morgan fingerprint density at radius 3 is 2.13 bits per heavy atom. The molecule has 0 radical (unpaired) electrons. The number of rotatable bonds is 1. The van der Waals surface area contributed by atoms with Crippen LogP contribution in [0.2, 0.25) is 0 Å². The number of nitrogens with zero attached hydrogens (tertiary/aromatic N) is 3. The van der Waals surface area contributed by atoms with Gasteiger partial charge in [0.1, 0.15) is 12.4 Å². The van der Waals surface area contributed by atoms with Crippen LogP contribution < -0.4 is 4.57 Å². The molecule has 0 atom stereocenters. The lowest BCUT2D eigenvalue weighted by atomic mass is 10.6. The quantitative estimate of drug-likeness (QED) is 0.348. The highest BCUT2D eigenvalue weighted by Crippen LogP contribution is 1.89. The van der Waals surface area contributed by atoms with Gasteiger partial charge in [0.25, 0.3) is 0 Å². The van der Waals surface area contributed by atoms with Crippen LogP contribution in [0.4, 0.5) is 0 Å². The van der Waals surface area contributed by atoms with Crippen molar-refractivity contribution in [1.29, 1.82) is 0 Å². The van der Waals surface area contributed by atoms with E-state index in [4.69, 9.17) is 20.4 Å². The first-order valence-corrected chi connectivity index (χ1v) is 3.42. The lowest BCUT2D eigenvalue weighted by Crippen LogP contribution is -2.34. The molecular formula is C6H11N3O6. The molecule has 0 aliphatic carbocycles. The normalized spacial score (nSPS) is 8.13. The molecule has 0 spiro atoms. The maximum absolute atomic E-state index is 10.5. The van der Waals surface area contributed by atoms with E-state index in [1.54, 1.807) is 35.6 Å². The maximum Gasteiger partial charge on any atom is 0.419 e. The zero-order valence-electron chi connectivity index (χ0n) is 8.08. The average molecular weight is 221 g/mol. The summed E-state index contributed by atoms with van der Waals surface area (Å²) >= 11 is 0. The molecule has 0 saturated heterocycles. The van der Waals surface area contributed by atoms with Gasteiger partial charge in [0, 0.05) is 0 Å². The molecule has 0 aliphatic heterocycles. The molecule has 1 heterocycles. The first-order valence-electron chi connectivity index (χ1n) is 3.42. The Balaban J connectivity index is 0. The Morgan fingerprint density at radius 2 is 2.00 bits per heavy atom. The van der Waals surface area contributed by atoms with Crippen LogP contribution in [0.15, 0.2) is 12.4 Å². The summed E-state index contributed by atoms with van der Waals surface area (Å²) in [5.41, 5.74) is 0. The number of aromatic carboxylic acids is 1. The molecule has 1 rings (SSSR count). The van der Waals surface area contributed by atoms with Crippen LogP contribution in [0.25, 0.3) is 0 Å². The third kappa shape index (κ3) is 5.21. The molecule has 86 valence electrons. The van der Waals surface area contributed by atoms with Gasteiger partial charge in [-0.25, -0.2) is 13.9 Å². The standard InChI is InChI=1S/C6H8N2O2.NO3.H2O/c1-7-3-4-8(2)5(7)6(9)10;2-1(3)4;/h3-4H,1-2H3;;1H2/q;-1;/p+1.